The molecule has 0 bridgehead atoms. The number of likely N-dealkylation sites (N-methyl/N-ethyl adjacent to an activating group) is 1. The van der Waals surface area contributed by atoms with Gasteiger partial charge in [0.1, 0.15) is 6.61 Å². The van der Waals surface area contributed by atoms with E-state index in [0.29, 0.717) is 0 Å². The van der Waals surface area contributed by atoms with Crippen molar-refractivity contribution in [3.63, 3.8) is 0 Å². The minimum atomic E-state index is -0.838. The Morgan fingerprint density at radius 3 is 2.45 bits per heavy atom. The maximum Gasteiger partial charge on any atom is 0.417 e. The van der Waals surface area contributed by atoms with Crippen LogP contribution in [0.3, 0.4) is 0 Å². The predicted octanol–water partition coefficient (Wildman–Crippen LogP) is 1.27. The fourth-order valence-corrected chi connectivity index (χ4v) is 1.61. The topological polar surface area (TPSA) is 84.7 Å². The molecular weight excluding hydrogens is 258 g/mol. The largest absolute Gasteiger partial charge is 0.447 e. The van der Waals surface area contributed by atoms with E-state index in [1.165, 1.54) is 12.6 Å². The molecule has 0 unspecified atom stereocenters. The highest BCUT2D eigenvalue weighted by Gasteiger charge is 2.17. The number of nitrogens with one attached hydrogen (secondary N) is 1. The molecule has 6 nitrogen and oxygen atoms in total. The predicted molar refractivity (Wildman–Crippen MR) is 76.4 cm³/mol. The summed E-state index contributed by atoms with van der Waals surface area (Å²) in [6, 6.07) is 7.29. The number of rotatable bonds is 5. The molecule has 0 heterocycles. The van der Waals surface area contributed by atoms with Crippen LogP contribution in [0.1, 0.15) is 11.1 Å². The highest BCUT2D eigenvalue weighted by molar-refractivity contribution is 5.89. The normalized spacial score (nSPS) is 11.8. The number of nitrogens with two attached hydrogens (primary N) is 1. The van der Waals surface area contributed by atoms with E-state index in [2.05, 4.69) is 5.32 Å². The number of hydrogen-bond donors (Lipinski definition) is 2. The smallest absolute Gasteiger partial charge is 0.417 e. The van der Waals surface area contributed by atoms with E-state index in [1.54, 1.807) is 7.05 Å². The van der Waals surface area contributed by atoms with E-state index in [1.807, 2.05) is 31.2 Å². The van der Waals surface area contributed by atoms with Crippen molar-refractivity contribution in [1.29, 1.82) is 0 Å². The molecule has 0 radical (unpaired) electrons. The number of hydrogen-bond acceptors (Lipinski definition) is 4. The lowest BCUT2D eigenvalue weighted by molar-refractivity contribution is 0.109. The first-order valence-electron chi connectivity index (χ1n) is 6.36. The zero-order chi connectivity index (χ0) is 15.1. The Kier molecular flexibility index (Phi) is 5.99. The standard InChI is InChI=1S/C14H21N3O3/c1-10-4-6-11(7-5-10)8-12(16-2)9-20-14(19)17(3)13(15)18/h4-7,12,16H,8-9H2,1-3H3,(H2,15,18)/t12-/m1/s1. The van der Waals surface area contributed by atoms with Crippen molar-refractivity contribution in [3.05, 3.63) is 35.4 Å². The third kappa shape index (κ3) is 4.89. The van der Waals surface area contributed by atoms with Crippen molar-refractivity contribution >= 4 is 12.1 Å². The fraction of sp³-hybridized carbons (Fsp3) is 0.429. The van der Waals surface area contributed by atoms with Crippen LogP contribution in [0.2, 0.25) is 0 Å². The summed E-state index contributed by atoms with van der Waals surface area (Å²) in [7, 11) is 3.07. The molecular formula is C14H21N3O3. The minimum Gasteiger partial charge on any atom is -0.447 e. The number of carbonyl (C=O) groups is 2. The van der Waals surface area contributed by atoms with Crippen LogP contribution in [0.15, 0.2) is 24.3 Å². The summed E-state index contributed by atoms with van der Waals surface area (Å²) in [5, 5.41) is 3.08. The number of benzene rings is 1. The molecule has 0 aliphatic rings. The Bertz CT molecular complexity index is 459. The third-order valence-electron chi connectivity index (χ3n) is 3.02. The van der Waals surface area contributed by atoms with Gasteiger partial charge in [-0.2, -0.15) is 0 Å². The first-order chi connectivity index (χ1) is 9.43. The van der Waals surface area contributed by atoms with E-state index in [-0.39, 0.29) is 12.6 Å². The average molecular weight is 279 g/mol. The molecule has 0 aliphatic heterocycles. The summed E-state index contributed by atoms with van der Waals surface area (Å²) in [6.07, 6.45) is -0.0219. The molecule has 0 aliphatic carbocycles. The number of nitrogens with zero attached hydrogens (tertiary/aromatic N) is 1. The second-order valence-electron chi connectivity index (χ2n) is 4.65. The zero-order valence-electron chi connectivity index (χ0n) is 12.1. The molecule has 0 spiro atoms. The molecule has 3 amide bonds. The van der Waals surface area contributed by atoms with Gasteiger partial charge in [-0.15, -0.1) is 0 Å². The summed E-state index contributed by atoms with van der Waals surface area (Å²) in [5.74, 6) is 0. The lowest BCUT2D eigenvalue weighted by atomic mass is 10.1. The molecule has 110 valence electrons. The Morgan fingerprint density at radius 1 is 1.35 bits per heavy atom. The lowest BCUT2D eigenvalue weighted by Gasteiger charge is -2.18. The third-order valence-corrected chi connectivity index (χ3v) is 3.02. The molecule has 1 aromatic carbocycles. The van der Waals surface area contributed by atoms with Gasteiger partial charge in [0.25, 0.3) is 0 Å². The molecule has 1 rings (SSSR count). The lowest BCUT2D eigenvalue weighted by Crippen LogP contribution is -2.40. The minimum absolute atomic E-state index is 0.0251. The molecule has 1 atom stereocenters. The van der Waals surface area contributed by atoms with Crippen molar-refractivity contribution in [2.45, 2.75) is 19.4 Å². The average Bonchev–Trinajstić information content (AvgIpc) is 2.44. The SMILES string of the molecule is CN[C@@H](COC(=O)N(C)C(N)=O)Cc1ccc(C)cc1. The zero-order valence-corrected chi connectivity index (χ0v) is 12.1. The second-order valence-corrected chi connectivity index (χ2v) is 4.65. The van der Waals surface area contributed by atoms with Crippen LogP contribution in [-0.2, 0) is 11.2 Å². The summed E-state index contributed by atoms with van der Waals surface area (Å²) in [6.45, 7) is 2.20. The van der Waals surface area contributed by atoms with Gasteiger partial charge < -0.3 is 15.8 Å². The molecule has 3 N–H and O–H groups in total. The first-order valence-corrected chi connectivity index (χ1v) is 6.36. The van der Waals surface area contributed by atoms with E-state index < -0.39 is 12.1 Å². The Hall–Kier alpha value is -2.08. The molecule has 1 aromatic rings. The van der Waals surface area contributed by atoms with Crippen molar-refractivity contribution in [3.8, 4) is 0 Å². The fourth-order valence-electron chi connectivity index (χ4n) is 1.61. The van der Waals surface area contributed by atoms with Crippen molar-refractivity contribution in [2.75, 3.05) is 20.7 Å². The monoisotopic (exact) mass is 279 g/mol. The first kappa shape index (κ1) is 16.0. The van der Waals surface area contributed by atoms with E-state index in [0.717, 1.165) is 16.9 Å². The van der Waals surface area contributed by atoms with Gasteiger partial charge in [-0.25, -0.2) is 14.5 Å². The van der Waals surface area contributed by atoms with Gasteiger partial charge in [-0.1, -0.05) is 29.8 Å². The van der Waals surface area contributed by atoms with Crippen LogP contribution in [-0.4, -0.2) is 43.8 Å². The van der Waals surface area contributed by atoms with Crippen LogP contribution in [0, 0.1) is 6.92 Å². The van der Waals surface area contributed by atoms with Crippen LogP contribution in [0.4, 0.5) is 9.59 Å². The molecule has 0 saturated heterocycles. The van der Waals surface area contributed by atoms with E-state index >= 15 is 0 Å². The van der Waals surface area contributed by atoms with Gasteiger partial charge >= 0.3 is 12.1 Å². The summed E-state index contributed by atoms with van der Waals surface area (Å²) in [5.41, 5.74) is 7.33. The number of carbonyl (C=O) groups excluding carboxylic acids is 2. The molecule has 0 aromatic heterocycles. The van der Waals surface area contributed by atoms with Gasteiger partial charge in [-0.3, -0.25) is 0 Å². The molecule has 6 heteroatoms. The highest BCUT2D eigenvalue weighted by Crippen LogP contribution is 2.06. The number of primary amides is 1. The van der Waals surface area contributed by atoms with Crippen molar-refractivity contribution in [2.24, 2.45) is 5.73 Å². The van der Waals surface area contributed by atoms with Gasteiger partial charge in [0, 0.05) is 13.1 Å². The number of urea groups is 1. The van der Waals surface area contributed by atoms with Gasteiger partial charge in [0.15, 0.2) is 0 Å². The highest BCUT2D eigenvalue weighted by atomic mass is 16.6. The van der Waals surface area contributed by atoms with Crippen molar-refractivity contribution < 1.29 is 14.3 Å². The summed E-state index contributed by atoms with van der Waals surface area (Å²) in [4.78, 5) is 23.0. The van der Waals surface area contributed by atoms with Crippen LogP contribution in [0.5, 0.6) is 0 Å². The van der Waals surface area contributed by atoms with E-state index in [9.17, 15) is 9.59 Å². The summed E-state index contributed by atoms with van der Waals surface area (Å²) < 4.78 is 5.04. The van der Waals surface area contributed by atoms with Gasteiger partial charge in [-0.05, 0) is 26.0 Å². The Balaban J connectivity index is 2.49. The number of ether oxygens (including phenoxy) is 1. The molecule has 20 heavy (non-hydrogen) atoms. The number of imide groups is 1. The van der Waals surface area contributed by atoms with Gasteiger partial charge in [0.2, 0.25) is 0 Å². The van der Waals surface area contributed by atoms with Gasteiger partial charge in [0.05, 0.1) is 0 Å². The Labute approximate surface area is 118 Å². The Morgan fingerprint density at radius 2 is 1.95 bits per heavy atom. The van der Waals surface area contributed by atoms with Crippen LogP contribution >= 0.6 is 0 Å². The molecule has 0 saturated carbocycles. The molecule has 0 fully saturated rings. The quantitative estimate of drug-likeness (QED) is 0.850. The maximum absolute atomic E-state index is 11.5. The maximum atomic E-state index is 11.5. The number of aryl methyl sites for hydroxylation is 1. The van der Waals surface area contributed by atoms with Crippen LogP contribution < -0.4 is 11.1 Å². The van der Waals surface area contributed by atoms with E-state index in [4.69, 9.17) is 10.5 Å². The summed E-state index contributed by atoms with van der Waals surface area (Å²) >= 11 is 0. The van der Waals surface area contributed by atoms with Crippen molar-refractivity contribution in [1.82, 2.24) is 10.2 Å². The second kappa shape index (κ2) is 7.49. The number of amides is 3. The van der Waals surface area contributed by atoms with Crippen LogP contribution in [0.25, 0.3) is 0 Å².